The Morgan fingerprint density at radius 3 is 3.04 bits per heavy atom. The van der Waals surface area contributed by atoms with Crippen molar-refractivity contribution in [2.24, 2.45) is 0 Å². The predicted molar refractivity (Wildman–Crippen MR) is 90.3 cm³/mol. The normalized spacial score (nSPS) is 23.0. The van der Waals surface area contributed by atoms with Crippen LogP contribution in [0.15, 0.2) is 23.3 Å². The Morgan fingerprint density at radius 1 is 1.60 bits per heavy atom. The second-order valence-electron chi connectivity index (χ2n) is 5.45. The predicted octanol–water partition coefficient (Wildman–Crippen LogP) is 1.15. The molecule has 11 nitrogen and oxygen atoms in total. The van der Waals surface area contributed by atoms with E-state index in [1.54, 1.807) is 4.57 Å². The highest BCUT2D eigenvalue weighted by Gasteiger charge is 2.36. The molecule has 1 aliphatic rings. The van der Waals surface area contributed by atoms with Crippen LogP contribution in [-0.2, 0) is 13.8 Å². The fourth-order valence-corrected chi connectivity index (χ4v) is 2.96. The number of aromatic nitrogens is 4. The maximum absolute atomic E-state index is 11.9. The second-order valence-corrected chi connectivity index (χ2v) is 6.19. The monoisotopic (exact) mass is 371 g/mol. The highest BCUT2D eigenvalue weighted by molar-refractivity contribution is 7.32. The molecular weight excluding hydrogens is 351 g/mol. The Kier molecular flexibility index (Phi) is 5.65. The minimum atomic E-state index is -2.70. The summed E-state index contributed by atoms with van der Waals surface area (Å²) in [6.45, 7) is 1.66. The standard InChI is InChI=1S/C13H16N5O5P.H3N/c1-2-13(22-7-23-24(20)21)4-3-8(5-13)18-6-15-9-10(18)16-12(14)17-11(9)19;/h3-4,6,8H,2,5,7H2,1H3,(H3-,14,16,17,19,20,21);1H3/p+1/t8-,13+;/m0./s1. The Hall–Kier alpha value is -2.17. The molecule has 0 saturated heterocycles. The molecule has 0 spiro atoms. The number of nitrogen functional groups attached to an aromatic ring is 1. The lowest BCUT2D eigenvalue weighted by Gasteiger charge is -2.26. The number of aromatic amines is 1. The number of nitrogens with one attached hydrogen (secondary N) is 1. The van der Waals surface area contributed by atoms with Crippen LogP contribution in [0.25, 0.3) is 11.2 Å². The number of H-pyrrole nitrogens is 1. The first-order valence-corrected chi connectivity index (χ1v) is 8.42. The van der Waals surface area contributed by atoms with Gasteiger partial charge < -0.3 is 21.2 Å². The van der Waals surface area contributed by atoms with E-state index in [4.69, 9.17) is 15.4 Å². The van der Waals surface area contributed by atoms with Crippen molar-refractivity contribution in [1.29, 1.82) is 0 Å². The fourth-order valence-electron chi connectivity index (χ4n) is 2.81. The number of imidazole rings is 1. The molecule has 2 heterocycles. The smallest absolute Gasteiger partial charge is 0.369 e. The van der Waals surface area contributed by atoms with E-state index in [0.717, 1.165) is 0 Å². The molecule has 0 saturated carbocycles. The average Bonchev–Trinajstić information content (AvgIpc) is 3.11. The van der Waals surface area contributed by atoms with Crippen molar-refractivity contribution in [2.45, 2.75) is 31.4 Å². The van der Waals surface area contributed by atoms with Gasteiger partial charge in [0.15, 0.2) is 11.2 Å². The molecule has 2 aromatic heterocycles. The van der Waals surface area contributed by atoms with Crippen LogP contribution in [0.4, 0.5) is 5.95 Å². The molecule has 0 bridgehead atoms. The van der Waals surface area contributed by atoms with Crippen molar-refractivity contribution < 1.29 is 18.7 Å². The molecule has 0 aliphatic heterocycles. The number of fused-ring (bicyclic) bond motifs is 1. The molecule has 3 rings (SSSR count). The van der Waals surface area contributed by atoms with E-state index in [0.29, 0.717) is 18.5 Å². The third-order valence-electron chi connectivity index (χ3n) is 4.09. The first-order chi connectivity index (χ1) is 11.4. The maximum Gasteiger partial charge on any atom is 0.697 e. The lowest BCUT2D eigenvalue weighted by molar-refractivity contribution is -0.0839. The van der Waals surface area contributed by atoms with E-state index in [1.165, 1.54) is 6.33 Å². The van der Waals surface area contributed by atoms with Crippen LogP contribution in [0, 0.1) is 0 Å². The summed E-state index contributed by atoms with van der Waals surface area (Å²) in [6, 6.07) is -0.133. The molecule has 12 heteroatoms. The summed E-state index contributed by atoms with van der Waals surface area (Å²) in [5.41, 5.74) is 5.20. The van der Waals surface area contributed by atoms with Gasteiger partial charge in [-0.1, -0.05) is 23.6 Å². The van der Waals surface area contributed by atoms with E-state index < -0.39 is 19.4 Å². The summed E-state index contributed by atoms with van der Waals surface area (Å²) in [6.07, 6.45) is 6.54. The number of hydrogen-bond donors (Lipinski definition) is 4. The molecule has 0 aromatic carbocycles. The summed E-state index contributed by atoms with van der Waals surface area (Å²) < 4.78 is 22.6. The molecule has 0 fully saturated rings. The zero-order valence-electron chi connectivity index (χ0n) is 13.6. The van der Waals surface area contributed by atoms with Crippen molar-refractivity contribution in [3.8, 4) is 0 Å². The van der Waals surface area contributed by atoms with E-state index >= 15 is 0 Å². The molecule has 2 aromatic rings. The summed E-state index contributed by atoms with van der Waals surface area (Å²) in [7, 11) is -2.70. The minimum absolute atomic E-state index is 0. The van der Waals surface area contributed by atoms with Crippen LogP contribution in [0.1, 0.15) is 25.8 Å². The highest BCUT2D eigenvalue weighted by Crippen LogP contribution is 2.37. The third-order valence-corrected chi connectivity index (χ3v) is 4.42. The van der Waals surface area contributed by atoms with E-state index in [2.05, 4.69) is 19.5 Å². The molecule has 3 atom stereocenters. The SMILES string of the molecule is CC[C@@]1(OCO[P+](=O)O)C=C[C@H](n2cnc3c(=O)[nH]c(N)nc32)C1.N. The summed E-state index contributed by atoms with van der Waals surface area (Å²) in [5.74, 6) is 0.0226. The maximum atomic E-state index is 11.9. The first-order valence-electron chi connectivity index (χ1n) is 7.29. The van der Waals surface area contributed by atoms with Gasteiger partial charge in [-0.25, -0.2) is 4.98 Å². The van der Waals surface area contributed by atoms with Crippen LogP contribution < -0.4 is 17.4 Å². The average molecular weight is 371 g/mol. The van der Waals surface area contributed by atoms with Crippen molar-refractivity contribution in [3.63, 3.8) is 0 Å². The summed E-state index contributed by atoms with van der Waals surface area (Å²) in [5, 5.41) is 0. The van der Waals surface area contributed by atoms with E-state index in [9.17, 15) is 9.36 Å². The van der Waals surface area contributed by atoms with E-state index in [-0.39, 0.29) is 30.5 Å². The number of hydrogen-bond acceptors (Lipinski definition) is 8. The molecule has 7 N–H and O–H groups in total. The zero-order chi connectivity index (χ0) is 17.3. The number of ether oxygens (including phenoxy) is 1. The summed E-state index contributed by atoms with van der Waals surface area (Å²) >= 11 is 0. The third kappa shape index (κ3) is 3.75. The molecule has 0 radical (unpaired) electrons. The number of anilines is 1. The molecule has 1 unspecified atom stereocenters. The van der Waals surface area contributed by atoms with Gasteiger partial charge in [0.1, 0.15) is 0 Å². The fraction of sp³-hybridized carbons (Fsp3) is 0.462. The molecular formula is C13H20N6O5P+. The van der Waals surface area contributed by atoms with Crippen molar-refractivity contribution in [2.75, 3.05) is 12.5 Å². The molecule has 25 heavy (non-hydrogen) atoms. The quantitative estimate of drug-likeness (QED) is 0.329. The van der Waals surface area contributed by atoms with Crippen LogP contribution in [-0.4, -0.2) is 36.8 Å². The Bertz CT molecular complexity index is 864. The number of allylic oxidation sites excluding steroid dienone is 1. The number of nitrogens with zero attached hydrogens (tertiary/aromatic N) is 3. The summed E-state index contributed by atoms with van der Waals surface area (Å²) in [4.78, 5) is 31.2. The number of nitrogens with two attached hydrogens (primary N) is 1. The van der Waals surface area contributed by atoms with Crippen LogP contribution in [0.5, 0.6) is 0 Å². The highest BCUT2D eigenvalue weighted by atomic mass is 31.1. The molecule has 1 aliphatic carbocycles. The zero-order valence-corrected chi connectivity index (χ0v) is 14.5. The Balaban J connectivity index is 0.00000225. The largest absolute Gasteiger partial charge is 0.697 e. The van der Waals surface area contributed by atoms with Crippen LogP contribution in [0.3, 0.4) is 0 Å². The van der Waals surface area contributed by atoms with Gasteiger partial charge in [0.2, 0.25) is 12.7 Å². The van der Waals surface area contributed by atoms with Gasteiger partial charge in [-0.05, 0) is 6.42 Å². The Morgan fingerprint density at radius 2 is 2.36 bits per heavy atom. The van der Waals surface area contributed by atoms with Gasteiger partial charge in [0, 0.05) is 11.0 Å². The van der Waals surface area contributed by atoms with E-state index in [1.807, 2.05) is 19.1 Å². The minimum Gasteiger partial charge on any atom is -0.369 e. The van der Waals surface area contributed by atoms with Gasteiger partial charge in [0.05, 0.1) is 18.0 Å². The van der Waals surface area contributed by atoms with Gasteiger partial charge in [0.25, 0.3) is 5.56 Å². The molecule has 136 valence electrons. The van der Waals surface area contributed by atoms with Gasteiger partial charge in [-0.2, -0.15) is 4.98 Å². The van der Waals surface area contributed by atoms with Crippen molar-refractivity contribution in [1.82, 2.24) is 25.7 Å². The van der Waals surface area contributed by atoms with Gasteiger partial charge in [-0.15, -0.1) is 4.89 Å². The lowest BCUT2D eigenvalue weighted by Crippen LogP contribution is -2.29. The number of rotatable bonds is 6. The lowest BCUT2D eigenvalue weighted by atomic mass is 9.99. The van der Waals surface area contributed by atoms with Crippen LogP contribution >= 0.6 is 8.25 Å². The van der Waals surface area contributed by atoms with Crippen molar-refractivity contribution in [3.05, 3.63) is 28.8 Å². The first kappa shape index (κ1) is 19.2. The van der Waals surface area contributed by atoms with Gasteiger partial charge in [-0.3, -0.25) is 9.78 Å². The second kappa shape index (κ2) is 7.38. The topological polar surface area (TPSA) is 180 Å². The molecule has 0 amide bonds. The Labute approximate surface area is 143 Å². The van der Waals surface area contributed by atoms with Crippen LogP contribution in [0.2, 0.25) is 0 Å². The van der Waals surface area contributed by atoms with Gasteiger partial charge >= 0.3 is 8.25 Å². The van der Waals surface area contributed by atoms with Crippen molar-refractivity contribution >= 4 is 25.4 Å².